The van der Waals surface area contributed by atoms with Gasteiger partial charge in [0.2, 0.25) is 0 Å². The lowest BCUT2D eigenvalue weighted by Crippen LogP contribution is -2.47. The minimum atomic E-state index is 0.369. The van der Waals surface area contributed by atoms with Gasteiger partial charge in [-0.05, 0) is 37.5 Å². The van der Waals surface area contributed by atoms with Crippen LogP contribution in [0.2, 0.25) is 0 Å². The van der Waals surface area contributed by atoms with Gasteiger partial charge in [0.15, 0.2) is 5.96 Å². The summed E-state index contributed by atoms with van der Waals surface area (Å²) in [5, 5.41) is 6.89. The van der Waals surface area contributed by atoms with E-state index < -0.39 is 0 Å². The van der Waals surface area contributed by atoms with Crippen LogP contribution in [-0.4, -0.2) is 55.9 Å². The number of nitrogens with zero attached hydrogens (tertiary/aromatic N) is 1. The number of ether oxygens (including phenoxy) is 2. The van der Waals surface area contributed by atoms with E-state index in [4.69, 9.17) is 9.47 Å². The molecule has 0 spiro atoms. The highest BCUT2D eigenvalue weighted by atomic mass is 79.9. The van der Waals surface area contributed by atoms with Crippen LogP contribution in [0, 0.1) is 0 Å². The quantitative estimate of drug-likeness (QED) is 0.379. The molecule has 2 aliphatic rings. The molecule has 2 heterocycles. The molecule has 1 aromatic carbocycles. The van der Waals surface area contributed by atoms with E-state index in [-0.39, 0.29) is 0 Å². The Balaban J connectivity index is 1.24. The maximum Gasteiger partial charge on any atom is 0.191 e. The first-order chi connectivity index (χ1) is 12.2. The summed E-state index contributed by atoms with van der Waals surface area (Å²) in [4.78, 5) is 4.32. The highest BCUT2D eigenvalue weighted by Crippen LogP contribution is 2.34. The summed E-state index contributed by atoms with van der Waals surface area (Å²) >= 11 is 5.33. The van der Waals surface area contributed by atoms with Crippen LogP contribution in [0.25, 0.3) is 0 Å². The van der Waals surface area contributed by atoms with E-state index in [1.807, 2.05) is 43.1 Å². The number of thioether (sulfide) groups is 1. The van der Waals surface area contributed by atoms with Crippen LogP contribution in [0.5, 0.6) is 5.75 Å². The fraction of sp³-hybridized carbons (Fsp3) is 0.611. The lowest BCUT2D eigenvalue weighted by molar-refractivity contribution is 0.0992. The topological polar surface area (TPSA) is 54.9 Å². The molecule has 5 nitrogen and oxygen atoms in total. The number of guanidine groups is 1. The van der Waals surface area contributed by atoms with Crippen molar-refractivity contribution in [1.82, 2.24) is 10.6 Å². The molecule has 0 aromatic heterocycles. The van der Waals surface area contributed by atoms with E-state index in [0.717, 1.165) is 47.3 Å². The number of rotatable bonds is 8. The van der Waals surface area contributed by atoms with E-state index in [1.165, 1.54) is 12.8 Å². The number of aliphatic imine (C=N–C) groups is 1. The van der Waals surface area contributed by atoms with E-state index in [1.54, 1.807) is 0 Å². The van der Waals surface area contributed by atoms with Crippen molar-refractivity contribution in [3.63, 3.8) is 0 Å². The molecule has 2 N–H and O–H groups in total. The van der Waals surface area contributed by atoms with Gasteiger partial charge in [0.05, 0.1) is 24.9 Å². The highest BCUT2D eigenvalue weighted by Gasteiger charge is 2.41. The molecule has 3 rings (SSSR count). The van der Waals surface area contributed by atoms with Gasteiger partial charge in [-0.1, -0.05) is 22.0 Å². The van der Waals surface area contributed by atoms with Gasteiger partial charge in [-0.15, -0.1) is 0 Å². The first-order valence-corrected chi connectivity index (χ1v) is 10.8. The Hall–Kier alpha value is -0.920. The second-order valence-corrected chi connectivity index (χ2v) is 8.42. The SMILES string of the molecule is CN=C(NCCSCCOc1cccc(Br)c1)NC1CC2CCC1O2. The molecule has 0 radical (unpaired) electrons. The minimum absolute atomic E-state index is 0.369. The number of benzene rings is 1. The Morgan fingerprint density at radius 1 is 1.40 bits per heavy atom. The molecule has 0 aliphatic carbocycles. The van der Waals surface area contributed by atoms with Crippen LogP contribution in [-0.2, 0) is 4.74 Å². The number of nitrogens with one attached hydrogen (secondary N) is 2. The highest BCUT2D eigenvalue weighted by molar-refractivity contribution is 9.10. The van der Waals surface area contributed by atoms with Crippen molar-refractivity contribution in [2.45, 2.75) is 37.5 Å². The number of halogens is 1. The Kier molecular flexibility index (Phi) is 7.31. The van der Waals surface area contributed by atoms with Gasteiger partial charge in [-0.3, -0.25) is 4.99 Å². The zero-order valence-corrected chi connectivity index (χ0v) is 16.9. The summed E-state index contributed by atoms with van der Waals surface area (Å²) < 4.78 is 12.7. The third kappa shape index (κ3) is 5.79. The van der Waals surface area contributed by atoms with Gasteiger partial charge >= 0.3 is 0 Å². The monoisotopic (exact) mass is 427 g/mol. The zero-order chi connectivity index (χ0) is 17.5. The molecule has 3 unspecified atom stereocenters. The third-order valence-corrected chi connectivity index (χ3v) is 5.92. The summed E-state index contributed by atoms with van der Waals surface area (Å²) in [6, 6.07) is 8.36. The summed E-state index contributed by atoms with van der Waals surface area (Å²) in [6.45, 7) is 1.61. The van der Waals surface area contributed by atoms with Crippen LogP contribution in [0.15, 0.2) is 33.7 Å². The van der Waals surface area contributed by atoms with Crippen molar-refractivity contribution in [2.24, 2.45) is 4.99 Å². The molecule has 2 aliphatic heterocycles. The van der Waals surface area contributed by atoms with Crippen molar-refractivity contribution >= 4 is 33.7 Å². The second-order valence-electron chi connectivity index (χ2n) is 6.28. The fourth-order valence-electron chi connectivity index (χ4n) is 3.28. The summed E-state index contributed by atoms with van der Waals surface area (Å²) in [7, 11) is 1.82. The van der Waals surface area contributed by atoms with Crippen molar-refractivity contribution in [3.8, 4) is 5.75 Å². The van der Waals surface area contributed by atoms with E-state index in [0.29, 0.717) is 18.2 Å². The Morgan fingerprint density at radius 2 is 2.32 bits per heavy atom. The molecule has 2 saturated heterocycles. The largest absolute Gasteiger partial charge is 0.493 e. The standard InChI is InChI=1S/C18H26BrN3O2S/c1-20-18(22-16-12-15-5-6-17(16)24-15)21-7-9-25-10-8-23-14-4-2-3-13(19)11-14/h2-4,11,15-17H,5-10,12H2,1H3,(H2,20,21,22). The predicted octanol–water partition coefficient (Wildman–Crippen LogP) is 3.05. The van der Waals surface area contributed by atoms with Gasteiger partial charge in [-0.25, -0.2) is 0 Å². The average Bonchev–Trinajstić information content (AvgIpc) is 3.23. The van der Waals surface area contributed by atoms with E-state index >= 15 is 0 Å². The summed E-state index contributed by atoms with van der Waals surface area (Å²) in [5.41, 5.74) is 0. The molecule has 2 bridgehead atoms. The molecule has 2 fully saturated rings. The first kappa shape index (κ1) is 18.9. The predicted molar refractivity (Wildman–Crippen MR) is 108 cm³/mol. The van der Waals surface area contributed by atoms with Gasteiger partial charge in [0, 0.05) is 29.6 Å². The van der Waals surface area contributed by atoms with Gasteiger partial charge in [0.25, 0.3) is 0 Å². The molecule has 0 saturated carbocycles. The summed E-state index contributed by atoms with van der Waals surface area (Å²) in [5.74, 6) is 3.79. The average molecular weight is 428 g/mol. The van der Waals surface area contributed by atoms with Crippen molar-refractivity contribution in [3.05, 3.63) is 28.7 Å². The lowest BCUT2D eigenvalue weighted by Gasteiger charge is -2.22. The van der Waals surface area contributed by atoms with Gasteiger partial charge in [-0.2, -0.15) is 11.8 Å². The molecule has 1 aromatic rings. The molecule has 25 heavy (non-hydrogen) atoms. The molecule has 138 valence electrons. The molecular weight excluding hydrogens is 402 g/mol. The Bertz CT molecular complexity index is 587. The van der Waals surface area contributed by atoms with E-state index in [9.17, 15) is 0 Å². The first-order valence-electron chi connectivity index (χ1n) is 8.83. The van der Waals surface area contributed by atoms with Crippen LogP contribution in [0.4, 0.5) is 0 Å². The molecular formula is C18H26BrN3O2S. The normalized spacial score (nSPS) is 25.2. The minimum Gasteiger partial charge on any atom is -0.493 e. The molecule has 3 atom stereocenters. The third-order valence-electron chi connectivity index (χ3n) is 4.48. The lowest BCUT2D eigenvalue weighted by atomic mass is 9.96. The Labute approximate surface area is 162 Å². The number of hydrogen-bond acceptors (Lipinski definition) is 4. The Morgan fingerprint density at radius 3 is 3.04 bits per heavy atom. The van der Waals surface area contributed by atoms with E-state index in [2.05, 4.69) is 31.6 Å². The molecule has 7 heteroatoms. The van der Waals surface area contributed by atoms with Crippen LogP contribution in [0.1, 0.15) is 19.3 Å². The fourth-order valence-corrected chi connectivity index (χ4v) is 4.31. The van der Waals surface area contributed by atoms with Crippen LogP contribution in [0.3, 0.4) is 0 Å². The maximum atomic E-state index is 5.88. The van der Waals surface area contributed by atoms with Crippen molar-refractivity contribution in [1.29, 1.82) is 0 Å². The second kappa shape index (κ2) is 9.69. The molecule has 0 amide bonds. The summed E-state index contributed by atoms with van der Waals surface area (Å²) in [6.07, 6.45) is 4.32. The van der Waals surface area contributed by atoms with Crippen molar-refractivity contribution < 1.29 is 9.47 Å². The van der Waals surface area contributed by atoms with Gasteiger partial charge in [0.1, 0.15) is 5.75 Å². The smallest absolute Gasteiger partial charge is 0.191 e. The number of fused-ring (bicyclic) bond motifs is 2. The maximum absolute atomic E-state index is 5.88. The number of hydrogen-bond donors (Lipinski definition) is 2. The van der Waals surface area contributed by atoms with Crippen LogP contribution < -0.4 is 15.4 Å². The van der Waals surface area contributed by atoms with Crippen molar-refractivity contribution in [2.75, 3.05) is 31.7 Å². The zero-order valence-electron chi connectivity index (χ0n) is 14.5. The van der Waals surface area contributed by atoms with Gasteiger partial charge < -0.3 is 20.1 Å². The van der Waals surface area contributed by atoms with Crippen LogP contribution >= 0.6 is 27.7 Å².